The molecule has 88 valence electrons. The minimum Gasteiger partial charge on any atom is -0.319 e. The zero-order valence-corrected chi connectivity index (χ0v) is 10.5. The van der Waals surface area contributed by atoms with Crippen LogP contribution in [0.25, 0.3) is 0 Å². The summed E-state index contributed by atoms with van der Waals surface area (Å²) in [7, 11) is 0. The molecule has 17 heavy (non-hydrogen) atoms. The SMILES string of the molecule is CCc1cccnc1C(N)c1ccccc1Cl. The Bertz CT molecular complexity index is 511. The van der Waals surface area contributed by atoms with Crippen LogP contribution in [0.2, 0.25) is 5.02 Å². The van der Waals surface area contributed by atoms with Gasteiger partial charge in [0.1, 0.15) is 0 Å². The van der Waals surface area contributed by atoms with Crippen molar-refractivity contribution in [2.75, 3.05) is 0 Å². The molecule has 1 heterocycles. The number of pyridine rings is 1. The molecule has 0 spiro atoms. The minimum atomic E-state index is -0.264. The van der Waals surface area contributed by atoms with E-state index < -0.39 is 0 Å². The average Bonchev–Trinajstić information content (AvgIpc) is 2.38. The van der Waals surface area contributed by atoms with E-state index in [0.717, 1.165) is 17.7 Å². The van der Waals surface area contributed by atoms with Crippen LogP contribution < -0.4 is 5.73 Å². The zero-order valence-electron chi connectivity index (χ0n) is 9.73. The fraction of sp³-hybridized carbons (Fsp3) is 0.214. The van der Waals surface area contributed by atoms with E-state index in [2.05, 4.69) is 18.0 Å². The second-order valence-corrected chi connectivity index (χ2v) is 4.31. The Morgan fingerprint density at radius 1 is 1.24 bits per heavy atom. The second-order valence-electron chi connectivity index (χ2n) is 3.90. The summed E-state index contributed by atoms with van der Waals surface area (Å²) in [5.74, 6) is 0. The van der Waals surface area contributed by atoms with Crippen LogP contribution in [-0.4, -0.2) is 4.98 Å². The van der Waals surface area contributed by atoms with Crippen molar-refractivity contribution in [2.24, 2.45) is 5.73 Å². The van der Waals surface area contributed by atoms with Gasteiger partial charge in [-0.25, -0.2) is 0 Å². The number of nitrogens with zero attached hydrogens (tertiary/aromatic N) is 1. The Kier molecular flexibility index (Phi) is 3.77. The van der Waals surface area contributed by atoms with E-state index in [1.54, 1.807) is 6.20 Å². The summed E-state index contributed by atoms with van der Waals surface area (Å²) in [6, 6.07) is 11.4. The van der Waals surface area contributed by atoms with Gasteiger partial charge >= 0.3 is 0 Å². The molecule has 3 heteroatoms. The summed E-state index contributed by atoms with van der Waals surface area (Å²) in [6.07, 6.45) is 2.69. The summed E-state index contributed by atoms with van der Waals surface area (Å²) in [5.41, 5.74) is 9.24. The maximum atomic E-state index is 6.25. The lowest BCUT2D eigenvalue weighted by Gasteiger charge is -2.16. The summed E-state index contributed by atoms with van der Waals surface area (Å²) < 4.78 is 0. The van der Waals surface area contributed by atoms with Crippen molar-refractivity contribution < 1.29 is 0 Å². The summed E-state index contributed by atoms with van der Waals surface area (Å²) in [6.45, 7) is 2.10. The third kappa shape index (κ3) is 2.48. The van der Waals surface area contributed by atoms with E-state index in [-0.39, 0.29) is 6.04 Å². The first-order valence-electron chi connectivity index (χ1n) is 5.67. The van der Waals surface area contributed by atoms with Gasteiger partial charge < -0.3 is 5.73 Å². The highest BCUT2D eigenvalue weighted by Gasteiger charge is 2.15. The van der Waals surface area contributed by atoms with Gasteiger partial charge in [-0.3, -0.25) is 4.98 Å². The van der Waals surface area contributed by atoms with Crippen LogP contribution >= 0.6 is 11.6 Å². The molecule has 1 aromatic carbocycles. The highest BCUT2D eigenvalue weighted by atomic mass is 35.5. The van der Waals surface area contributed by atoms with Gasteiger partial charge in [0, 0.05) is 11.2 Å². The highest BCUT2D eigenvalue weighted by Crippen LogP contribution is 2.26. The molecule has 0 saturated carbocycles. The number of hydrogen-bond acceptors (Lipinski definition) is 2. The lowest BCUT2D eigenvalue weighted by atomic mass is 9.99. The average molecular weight is 247 g/mol. The van der Waals surface area contributed by atoms with E-state index in [9.17, 15) is 0 Å². The molecule has 2 aromatic rings. The van der Waals surface area contributed by atoms with Crippen LogP contribution in [0.4, 0.5) is 0 Å². The van der Waals surface area contributed by atoms with Gasteiger partial charge in [0.2, 0.25) is 0 Å². The second kappa shape index (κ2) is 5.30. The molecule has 2 rings (SSSR count). The summed E-state index contributed by atoms with van der Waals surface area (Å²) in [4.78, 5) is 4.38. The minimum absolute atomic E-state index is 0.264. The molecular formula is C14H15ClN2. The van der Waals surface area contributed by atoms with Crippen molar-refractivity contribution in [1.82, 2.24) is 4.98 Å². The maximum Gasteiger partial charge on any atom is 0.0743 e. The quantitative estimate of drug-likeness (QED) is 0.902. The van der Waals surface area contributed by atoms with Crippen LogP contribution in [0.1, 0.15) is 29.8 Å². The molecule has 2 nitrogen and oxygen atoms in total. The molecule has 0 aliphatic rings. The van der Waals surface area contributed by atoms with E-state index in [4.69, 9.17) is 17.3 Å². The van der Waals surface area contributed by atoms with Gasteiger partial charge in [0.25, 0.3) is 0 Å². The molecule has 0 saturated heterocycles. The standard InChI is InChI=1S/C14H15ClN2/c1-2-10-6-5-9-17-14(10)13(16)11-7-3-4-8-12(11)15/h3-9,13H,2,16H2,1H3. The van der Waals surface area contributed by atoms with Gasteiger partial charge in [-0.15, -0.1) is 0 Å². The molecule has 2 N–H and O–H groups in total. The normalized spacial score (nSPS) is 12.4. The van der Waals surface area contributed by atoms with Crippen LogP contribution in [0, 0.1) is 0 Å². The van der Waals surface area contributed by atoms with Crippen molar-refractivity contribution in [3.8, 4) is 0 Å². The monoisotopic (exact) mass is 246 g/mol. The number of halogens is 1. The van der Waals surface area contributed by atoms with E-state index in [1.165, 1.54) is 5.56 Å². The predicted molar refractivity (Wildman–Crippen MR) is 71.1 cm³/mol. The number of hydrogen-bond donors (Lipinski definition) is 1. The molecule has 0 amide bonds. The fourth-order valence-corrected chi connectivity index (χ4v) is 2.16. The third-order valence-electron chi connectivity index (χ3n) is 2.84. The largest absolute Gasteiger partial charge is 0.319 e. The van der Waals surface area contributed by atoms with Crippen molar-refractivity contribution in [3.63, 3.8) is 0 Å². The van der Waals surface area contributed by atoms with Gasteiger partial charge in [0.05, 0.1) is 11.7 Å². The van der Waals surface area contributed by atoms with Crippen molar-refractivity contribution in [2.45, 2.75) is 19.4 Å². The van der Waals surface area contributed by atoms with Crippen LogP contribution in [0.15, 0.2) is 42.6 Å². The number of aromatic nitrogens is 1. The molecule has 0 bridgehead atoms. The Hall–Kier alpha value is -1.38. The maximum absolute atomic E-state index is 6.25. The van der Waals surface area contributed by atoms with Crippen molar-refractivity contribution >= 4 is 11.6 Å². The van der Waals surface area contributed by atoms with Crippen LogP contribution in [0.3, 0.4) is 0 Å². The Labute approximate surface area is 106 Å². The fourth-order valence-electron chi connectivity index (χ4n) is 1.90. The third-order valence-corrected chi connectivity index (χ3v) is 3.19. The summed E-state index contributed by atoms with van der Waals surface area (Å²) >= 11 is 6.16. The molecular weight excluding hydrogens is 232 g/mol. The van der Waals surface area contributed by atoms with Gasteiger partial charge in [-0.05, 0) is 29.7 Å². The Balaban J connectivity index is 2.44. The van der Waals surface area contributed by atoms with Gasteiger partial charge in [-0.1, -0.05) is 42.8 Å². The number of benzene rings is 1. The molecule has 0 fully saturated rings. The Morgan fingerprint density at radius 2 is 2.00 bits per heavy atom. The Morgan fingerprint density at radius 3 is 2.71 bits per heavy atom. The van der Waals surface area contributed by atoms with Crippen LogP contribution in [0.5, 0.6) is 0 Å². The van der Waals surface area contributed by atoms with E-state index in [1.807, 2.05) is 30.3 Å². The molecule has 0 aliphatic heterocycles. The highest BCUT2D eigenvalue weighted by molar-refractivity contribution is 6.31. The zero-order chi connectivity index (χ0) is 12.3. The first kappa shape index (κ1) is 12.1. The smallest absolute Gasteiger partial charge is 0.0743 e. The molecule has 0 aliphatic carbocycles. The lowest BCUT2D eigenvalue weighted by molar-refractivity contribution is 0.806. The molecule has 0 radical (unpaired) electrons. The lowest BCUT2D eigenvalue weighted by Crippen LogP contribution is -2.16. The first-order valence-corrected chi connectivity index (χ1v) is 6.05. The van der Waals surface area contributed by atoms with Crippen molar-refractivity contribution in [3.05, 3.63) is 64.4 Å². The number of nitrogens with two attached hydrogens (primary N) is 1. The number of rotatable bonds is 3. The van der Waals surface area contributed by atoms with Gasteiger partial charge in [0.15, 0.2) is 0 Å². The molecule has 1 atom stereocenters. The van der Waals surface area contributed by atoms with E-state index >= 15 is 0 Å². The first-order chi connectivity index (χ1) is 8.24. The molecule has 1 aromatic heterocycles. The van der Waals surface area contributed by atoms with Gasteiger partial charge in [-0.2, -0.15) is 0 Å². The topological polar surface area (TPSA) is 38.9 Å². The molecule has 1 unspecified atom stereocenters. The van der Waals surface area contributed by atoms with E-state index in [0.29, 0.717) is 5.02 Å². The van der Waals surface area contributed by atoms with Crippen molar-refractivity contribution in [1.29, 1.82) is 0 Å². The number of aryl methyl sites for hydroxylation is 1. The van der Waals surface area contributed by atoms with Crippen LogP contribution in [-0.2, 0) is 6.42 Å². The summed E-state index contributed by atoms with van der Waals surface area (Å²) in [5, 5.41) is 0.688. The predicted octanol–water partition coefficient (Wildman–Crippen LogP) is 3.35.